The molecule has 232 valence electrons. The number of nitrogens with zero attached hydrogens (tertiary/aromatic N) is 1. The van der Waals surface area contributed by atoms with Crippen molar-refractivity contribution >= 4 is 13.8 Å². The Morgan fingerprint density at radius 3 is 1.54 bits per heavy atom. The van der Waals surface area contributed by atoms with Crippen LogP contribution in [0.2, 0.25) is 0 Å². The molecule has 0 aliphatic carbocycles. The number of carbonyl (C=O) groups excluding carboxylic acids is 1. The third-order valence-electron chi connectivity index (χ3n) is 7.14. The zero-order chi connectivity index (χ0) is 29.8. The van der Waals surface area contributed by atoms with E-state index >= 15 is 0 Å². The monoisotopic (exact) mass is 574 g/mol. The molecular weight excluding hydrogens is 509 g/mol. The fraction of sp³-hybridized carbons (Fsp3) is 0.906. The molecule has 6 nitrogen and oxygen atoms in total. The molecule has 0 heterocycles. The van der Waals surface area contributed by atoms with Gasteiger partial charge in [-0.05, 0) is 38.5 Å². The van der Waals surface area contributed by atoms with E-state index in [0.717, 1.165) is 25.7 Å². The van der Waals surface area contributed by atoms with Gasteiger partial charge < -0.3 is 15.1 Å². The molecule has 0 saturated heterocycles. The first kappa shape index (κ1) is 40.5. The summed E-state index contributed by atoms with van der Waals surface area (Å²) in [4.78, 5) is 22.3. The molecule has 3 unspecified atom stereocenters. The molecule has 7 heteroatoms. The molecule has 0 spiro atoms. The quantitative estimate of drug-likeness (QED) is 0.0475. The van der Waals surface area contributed by atoms with Gasteiger partial charge in [-0.3, -0.25) is 9.28 Å². The molecule has 0 fully saturated rings. The van der Waals surface area contributed by atoms with Crippen molar-refractivity contribution in [2.75, 3.05) is 27.7 Å². The molecule has 0 aliphatic heterocycles. The van der Waals surface area contributed by atoms with E-state index in [4.69, 9.17) is 5.11 Å². The molecular formula is C32H65NO5P+. The summed E-state index contributed by atoms with van der Waals surface area (Å²) >= 11 is 0. The number of carbonyl (C=O) groups is 1. The Bertz CT molecular complexity index is 592. The lowest BCUT2D eigenvalue weighted by Crippen LogP contribution is -2.44. The standard InChI is InChI=1S/C25H48O3.C7H17NO2P/c1-2-3-4-5-6-7-8-9-10-11-12-13-14-15-16-17-18-19-20-21-24(27)25(28)22-23-26;1-5-6-7(11(9)10)8(2,3)4/h9-10,25-26,28H,2-8,11-23H2,1H3;7H,5-6H2,1-4H3/q;+1/b10-9-;. The van der Waals surface area contributed by atoms with E-state index in [1.807, 2.05) is 28.1 Å². The van der Waals surface area contributed by atoms with Crippen LogP contribution >= 0.6 is 8.03 Å². The first-order valence-electron chi connectivity index (χ1n) is 16.0. The number of hydrogen-bond donors (Lipinski definition) is 2. The lowest BCUT2D eigenvalue weighted by atomic mass is 10.0. The van der Waals surface area contributed by atoms with Crippen molar-refractivity contribution in [3.05, 3.63) is 12.2 Å². The Labute approximate surface area is 243 Å². The maximum absolute atomic E-state index is 11.5. The smallest absolute Gasteiger partial charge is 0.373 e. The topological polar surface area (TPSA) is 97.7 Å². The van der Waals surface area contributed by atoms with Gasteiger partial charge in [-0.2, -0.15) is 0 Å². The van der Waals surface area contributed by atoms with Crippen molar-refractivity contribution in [1.29, 1.82) is 0 Å². The molecule has 0 saturated carbocycles. The van der Waals surface area contributed by atoms with Crippen LogP contribution in [-0.4, -0.2) is 60.1 Å². The molecule has 0 aromatic heterocycles. The number of ketones is 1. The highest BCUT2D eigenvalue weighted by Crippen LogP contribution is 2.28. The van der Waals surface area contributed by atoms with E-state index in [2.05, 4.69) is 19.1 Å². The Hall–Kier alpha value is -0.650. The SMILES string of the molecule is CCCC([P+](=O)[O-])[N+](C)(C)C.CCCCCCCC/C=C\CCCCCCCCCCCC(=O)C(O)CCO. The van der Waals surface area contributed by atoms with Crippen molar-refractivity contribution in [3.63, 3.8) is 0 Å². The van der Waals surface area contributed by atoms with Gasteiger partial charge in [0.05, 0.1) is 21.1 Å². The molecule has 0 amide bonds. The van der Waals surface area contributed by atoms with Gasteiger partial charge in [0.2, 0.25) is 0 Å². The first-order chi connectivity index (χ1) is 18.6. The van der Waals surface area contributed by atoms with Gasteiger partial charge in [-0.15, -0.1) is 0 Å². The van der Waals surface area contributed by atoms with E-state index in [-0.39, 0.29) is 24.6 Å². The highest BCUT2D eigenvalue weighted by Gasteiger charge is 2.33. The van der Waals surface area contributed by atoms with Crippen LogP contribution in [0, 0.1) is 0 Å². The van der Waals surface area contributed by atoms with Crippen LogP contribution in [0.15, 0.2) is 12.2 Å². The number of rotatable bonds is 26. The number of quaternary nitrogens is 1. The van der Waals surface area contributed by atoms with E-state index in [0.29, 0.717) is 10.9 Å². The predicted molar refractivity (Wildman–Crippen MR) is 165 cm³/mol. The maximum atomic E-state index is 11.5. The molecule has 2 N–H and O–H groups in total. The van der Waals surface area contributed by atoms with Gasteiger partial charge in [0.15, 0.2) is 5.78 Å². The number of hydrogen-bond acceptors (Lipinski definition) is 5. The van der Waals surface area contributed by atoms with Crippen molar-refractivity contribution < 1.29 is 28.9 Å². The fourth-order valence-electron chi connectivity index (χ4n) is 4.56. The molecule has 3 atom stereocenters. The summed E-state index contributed by atoms with van der Waals surface area (Å²) in [5.74, 6) is -0.343. The predicted octanol–water partition coefficient (Wildman–Crippen LogP) is 7.82. The average molecular weight is 575 g/mol. The summed E-state index contributed by atoms with van der Waals surface area (Å²) in [6, 6.07) is 0. The minimum atomic E-state index is -2.29. The third kappa shape index (κ3) is 28.7. The Kier molecular flexibility index (Phi) is 30.0. The molecule has 0 aromatic carbocycles. The number of unbranched alkanes of at least 4 members (excludes halogenated alkanes) is 15. The fourth-order valence-corrected chi connectivity index (χ4v) is 5.60. The molecule has 0 radical (unpaired) electrons. The van der Waals surface area contributed by atoms with Crippen LogP contribution in [0.25, 0.3) is 0 Å². The summed E-state index contributed by atoms with van der Waals surface area (Å²) in [7, 11) is 3.44. The van der Waals surface area contributed by atoms with Gasteiger partial charge in [0.1, 0.15) is 6.10 Å². The van der Waals surface area contributed by atoms with E-state index in [1.54, 1.807) is 0 Å². The second-order valence-corrected chi connectivity index (χ2v) is 13.1. The zero-order valence-electron chi connectivity index (χ0n) is 26.4. The van der Waals surface area contributed by atoms with Crippen LogP contribution in [0.1, 0.15) is 149 Å². The minimum absolute atomic E-state index is 0.116. The van der Waals surface area contributed by atoms with Gasteiger partial charge in [-0.25, -0.2) is 0 Å². The lowest BCUT2D eigenvalue weighted by molar-refractivity contribution is -0.883. The average Bonchev–Trinajstić information content (AvgIpc) is 2.88. The molecule has 0 rings (SSSR count). The van der Waals surface area contributed by atoms with Gasteiger partial charge in [-0.1, -0.05) is 108 Å². The van der Waals surface area contributed by atoms with Crippen molar-refractivity contribution in [3.8, 4) is 0 Å². The summed E-state index contributed by atoms with van der Waals surface area (Å²) < 4.78 is 11.3. The maximum Gasteiger partial charge on any atom is 0.373 e. The number of allylic oxidation sites excluding steroid dienone is 2. The van der Waals surface area contributed by atoms with Crippen LogP contribution in [0.3, 0.4) is 0 Å². The normalized spacial score (nSPS) is 13.7. The van der Waals surface area contributed by atoms with Crippen LogP contribution in [0.5, 0.6) is 0 Å². The minimum Gasteiger partial charge on any atom is -0.591 e. The van der Waals surface area contributed by atoms with E-state index in [1.165, 1.54) is 96.3 Å². The summed E-state index contributed by atoms with van der Waals surface area (Å²) in [5.41, 5.74) is 0. The van der Waals surface area contributed by atoms with E-state index < -0.39 is 14.1 Å². The summed E-state index contributed by atoms with van der Waals surface area (Å²) in [5, 5.41) is 18.2. The van der Waals surface area contributed by atoms with Crippen molar-refractivity contribution in [1.82, 2.24) is 0 Å². The third-order valence-corrected chi connectivity index (χ3v) is 8.58. The van der Waals surface area contributed by atoms with Crippen molar-refractivity contribution in [2.24, 2.45) is 0 Å². The van der Waals surface area contributed by atoms with Crippen LogP contribution in [0.4, 0.5) is 0 Å². The number of Topliss-reactive ketones (excluding diaryl/α,β-unsaturated/α-hetero) is 1. The molecule has 0 bridgehead atoms. The van der Waals surface area contributed by atoms with Gasteiger partial charge in [0.25, 0.3) is 5.78 Å². The van der Waals surface area contributed by atoms with Crippen molar-refractivity contribution in [2.45, 2.75) is 161 Å². The largest absolute Gasteiger partial charge is 0.591 e. The highest BCUT2D eigenvalue weighted by molar-refractivity contribution is 7.37. The highest BCUT2D eigenvalue weighted by atomic mass is 31.1. The Morgan fingerprint density at radius 2 is 1.18 bits per heavy atom. The molecule has 39 heavy (non-hydrogen) atoms. The zero-order valence-corrected chi connectivity index (χ0v) is 27.3. The first-order valence-corrected chi connectivity index (χ1v) is 17.3. The second kappa shape index (κ2) is 28.9. The van der Waals surface area contributed by atoms with E-state index in [9.17, 15) is 19.4 Å². The summed E-state index contributed by atoms with van der Waals surface area (Å²) in [6.07, 6.45) is 27.9. The van der Waals surface area contributed by atoms with Gasteiger partial charge >= 0.3 is 8.03 Å². The van der Waals surface area contributed by atoms with Crippen LogP contribution in [-0.2, 0) is 9.36 Å². The van der Waals surface area contributed by atoms with Gasteiger partial charge in [0, 0.05) is 25.9 Å². The number of aliphatic hydroxyl groups is 2. The van der Waals surface area contributed by atoms with Crippen LogP contribution < -0.4 is 4.89 Å². The molecule has 0 aliphatic rings. The Balaban J connectivity index is 0. The molecule has 0 aromatic rings. The summed E-state index contributed by atoms with van der Waals surface area (Å²) in [6.45, 7) is 4.15. The Morgan fingerprint density at radius 1 is 0.744 bits per heavy atom. The second-order valence-electron chi connectivity index (χ2n) is 11.9. The lowest BCUT2D eigenvalue weighted by Gasteiger charge is -2.27. The number of aliphatic hydroxyl groups excluding tert-OH is 2.